The highest BCUT2D eigenvalue weighted by molar-refractivity contribution is 7.89. The average molecular weight is 451 g/mol. The van der Waals surface area contributed by atoms with E-state index < -0.39 is 16.1 Å². The van der Waals surface area contributed by atoms with Crippen LogP contribution < -0.4 is 14.9 Å². The van der Waals surface area contributed by atoms with E-state index in [9.17, 15) is 8.42 Å². The molecule has 166 valence electrons. The van der Waals surface area contributed by atoms with Gasteiger partial charge in [0.1, 0.15) is 11.5 Å². The largest absolute Gasteiger partial charge is 0.497 e. The number of hydrogen-bond acceptors (Lipinski definition) is 5. The predicted octanol–water partition coefficient (Wildman–Crippen LogP) is 4.61. The molecule has 0 saturated carbocycles. The normalized spacial score (nSPS) is 16.4. The molecule has 3 aromatic rings. The van der Waals surface area contributed by atoms with Crippen LogP contribution >= 0.6 is 0 Å². The molecule has 0 aromatic heterocycles. The van der Waals surface area contributed by atoms with Gasteiger partial charge in [0.25, 0.3) is 10.0 Å². The van der Waals surface area contributed by atoms with E-state index in [0.29, 0.717) is 22.8 Å². The molecule has 0 fully saturated rings. The maximum atomic E-state index is 13.7. The molecule has 1 heterocycles. The second-order valence-electron chi connectivity index (χ2n) is 7.72. The second-order valence-corrected chi connectivity index (χ2v) is 9.54. The molecule has 0 saturated heterocycles. The van der Waals surface area contributed by atoms with Crippen LogP contribution in [0.25, 0.3) is 5.70 Å². The van der Waals surface area contributed by atoms with Crippen LogP contribution in [0.3, 0.4) is 0 Å². The molecular formula is C25H26N2O4S. The fourth-order valence-corrected chi connectivity index (χ4v) is 5.06. The Bertz CT molecular complexity index is 1250. The summed E-state index contributed by atoms with van der Waals surface area (Å²) in [5.74, 6) is 1.19. The summed E-state index contributed by atoms with van der Waals surface area (Å²) in [6.07, 6.45) is 1.90. The SMILES string of the molecule is COc1ccc(OC)c([C@H]2C=C(c3ccc(C)cc3)NN2S(=O)(=O)c2ccc(C)cc2)c1. The van der Waals surface area contributed by atoms with Gasteiger partial charge in [0.05, 0.1) is 30.9 Å². The van der Waals surface area contributed by atoms with E-state index >= 15 is 0 Å². The Morgan fingerprint density at radius 2 is 1.47 bits per heavy atom. The van der Waals surface area contributed by atoms with Crippen molar-refractivity contribution in [3.05, 3.63) is 95.1 Å². The molecule has 0 radical (unpaired) electrons. The Kier molecular flexibility index (Phi) is 5.95. The molecule has 1 N–H and O–H groups in total. The zero-order valence-corrected chi connectivity index (χ0v) is 19.3. The molecule has 0 aliphatic carbocycles. The Balaban J connectivity index is 1.85. The van der Waals surface area contributed by atoms with Crippen molar-refractivity contribution in [3.8, 4) is 11.5 Å². The highest BCUT2D eigenvalue weighted by Crippen LogP contribution is 2.40. The van der Waals surface area contributed by atoms with Crippen molar-refractivity contribution in [2.45, 2.75) is 24.8 Å². The lowest BCUT2D eigenvalue weighted by Crippen LogP contribution is -2.39. The van der Waals surface area contributed by atoms with E-state index in [0.717, 1.165) is 16.7 Å². The molecule has 3 aromatic carbocycles. The van der Waals surface area contributed by atoms with E-state index in [1.165, 1.54) is 4.41 Å². The number of methoxy groups -OCH3 is 2. The molecule has 0 unspecified atom stereocenters. The van der Waals surface area contributed by atoms with Gasteiger partial charge in [-0.15, -0.1) is 4.41 Å². The first-order valence-electron chi connectivity index (χ1n) is 10.2. The van der Waals surface area contributed by atoms with Crippen molar-refractivity contribution in [3.63, 3.8) is 0 Å². The molecule has 0 bridgehead atoms. The van der Waals surface area contributed by atoms with Crippen molar-refractivity contribution < 1.29 is 17.9 Å². The summed E-state index contributed by atoms with van der Waals surface area (Å²) in [7, 11) is -0.730. The number of sulfonamides is 1. The zero-order chi connectivity index (χ0) is 22.9. The minimum atomic E-state index is -3.87. The van der Waals surface area contributed by atoms with Crippen molar-refractivity contribution in [2.24, 2.45) is 0 Å². The fraction of sp³-hybridized carbons (Fsp3) is 0.200. The van der Waals surface area contributed by atoms with Gasteiger partial charge in [-0.3, -0.25) is 0 Å². The fourth-order valence-electron chi connectivity index (χ4n) is 3.67. The third kappa shape index (κ3) is 4.09. The summed E-state index contributed by atoms with van der Waals surface area (Å²) in [5.41, 5.74) is 7.52. The summed E-state index contributed by atoms with van der Waals surface area (Å²) in [6, 6.07) is 19.5. The highest BCUT2D eigenvalue weighted by Gasteiger charge is 2.38. The van der Waals surface area contributed by atoms with E-state index in [-0.39, 0.29) is 4.90 Å². The van der Waals surface area contributed by atoms with Gasteiger partial charge in [0.15, 0.2) is 0 Å². The smallest absolute Gasteiger partial charge is 0.260 e. The molecule has 0 spiro atoms. The van der Waals surface area contributed by atoms with Gasteiger partial charge < -0.3 is 14.9 Å². The quantitative estimate of drug-likeness (QED) is 0.594. The molecule has 4 rings (SSSR count). The molecule has 7 heteroatoms. The summed E-state index contributed by atoms with van der Waals surface area (Å²) in [6.45, 7) is 3.93. The number of rotatable bonds is 6. The van der Waals surface area contributed by atoms with Gasteiger partial charge in [-0.1, -0.05) is 47.5 Å². The Morgan fingerprint density at radius 1 is 0.844 bits per heavy atom. The molecular weight excluding hydrogens is 424 g/mol. The van der Waals surface area contributed by atoms with E-state index in [1.807, 2.05) is 44.2 Å². The van der Waals surface area contributed by atoms with Gasteiger partial charge in [0, 0.05) is 5.56 Å². The number of hydrazine groups is 1. The lowest BCUT2D eigenvalue weighted by Gasteiger charge is -2.26. The van der Waals surface area contributed by atoms with Gasteiger partial charge >= 0.3 is 0 Å². The monoisotopic (exact) mass is 450 g/mol. The number of nitrogens with one attached hydrogen (secondary N) is 1. The summed E-state index contributed by atoms with van der Waals surface area (Å²) in [5, 5.41) is 0. The highest BCUT2D eigenvalue weighted by atomic mass is 32.2. The molecule has 1 aliphatic heterocycles. The van der Waals surface area contributed by atoms with Crippen molar-refractivity contribution in [1.29, 1.82) is 0 Å². The van der Waals surface area contributed by atoms with Crippen molar-refractivity contribution in [1.82, 2.24) is 9.84 Å². The minimum Gasteiger partial charge on any atom is -0.497 e. The van der Waals surface area contributed by atoms with Crippen LogP contribution in [0, 0.1) is 13.8 Å². The van der Waals surface area contributed by atoms with Gasteiger partial charge in [-0.2, -0.15) is 0 Å². The van der Waals surface area contributed by atoms with Crippen LogP contribution in [0.1, 0.15) is 28.3 Å². The second kappa shape index (κ2) is 8.68. The third-order valence-corrected chi connectivity index (χ3v) is 7.21. The van der Waals surface area contributed by atoms with Crippen LogP contribution in [0.15, 0.2) is 77.7 Å². The van der Waals surface area contributed by atoms with Crippen molar-refractivity contribution in [2.75, 3.05) is 14.2 Å². The maximum Gasteiger partial charge on any atom is 0.260 e. The Hall–Kier alpha value is -3.29. The number of hydrogen-bond donors (Lipinski definition) is 1. The molecule has 1 atom stereocenters. The topological polar surface area (TPSA) is 67.9 Å². The number of aryl methyl sites for hydroxylation is 2. The minimum absolute atomic E-state index is 0.209. The van der Waals surface area contributed by atoms with Crippen LogP contribution in [0.4, 0.5) is 0 Å². The molecule has 1 aliphatic rings. The summed E-state index contributed by atoms with van der Waals surface area (Å²) < 4.78 is 39.6. The lowest BCUT2D eigenvalue weighted by molar-refractivity contribution is 0.332. The van der Waals surface area contributed by atoms with Crippen LogP contribution in [-0.4, -0.2) is 27.1 Å². The standard InChI is InChI=1S/C25H26N2O4S/c1-17-5-9-19(10-6-17)23-16-24(22-15-20(30-3)11-14-25(22)31-4)27(26-23)32(28,29)21-12-7-18(2)8-13-21/h5-16,24,26H,1-4H3/t24-/m1/s1. The summed E-state index contributed by atoms with van der Waals surface area (Å²) in [4.78, 5) is 0.209. The van der Waals surface area contributed by atoms with E-state index in [1.54, 1.807) is 56.7 Å². The van der Waals surface area contributed by atoms with E-state index in [4.69, 9.17) is 9.47 Å². The number of ether oxygens (including phenoxy) is 2. The maximum absolute atomic E-state index is 13.7. The van der Waals surface area contributed by atoms with Gasteiger partial charge in [0.2, 0.25) is 0 Å². The first-order chi connectivity index (χ1) is 15.3. The number of benzene rings is 3. The van der Waals surface area contributed by atoms with Gasteiger partial charge in [-0.25, -0.2) is 8.42 Å². The summed E-state index contributed by atoms with van der Waals surface area (Å²) >= 11 is 0. The third-order valence-electron chi connectivity index (χ3n) is 5.50. The van der Waals surface area contributed by atoms with Crippen molar-refractivity contribution >= 4 is 15.7 Å². The molecule has 32 heavy (non-hydrogen) atoms. The van der Waals surface area contributed by atoms with Gasteiger partial charge in [-0.05, 0) is 55.8 Å². The Labute approximate surface area is 189 Å². The lowest BCUT2D eigenvalue weighted by atomic mass is 10.0. The zero-order valence-electron chi connectivity index (χ0n) is 18.5. The first-order valence-corrected chi connectivity index (χ1v) is 11.7. The molecule has 6 nitrogen and oxygen atoms in total. The Morgan fingerprint density at radius 3 is 2.06 bits per heavy atom. The average Bonchev–Trinajstić information content (AvgIpc) is 3.25. The van der Waals surface area contributed by atoms with Crippen LogP contribution in [0.2, 0.25) is 0 Å². The molecule has 0 amide bonds. The van der Waals surface area contributed by atoms with E-state index in [2.05, 4.69) is 5.43 Å². The number of nitrogens with zero attached hydrogens (tertiary/aromatic N) is 1. The van der Waals surface area contributed by atoms with Crippen LogP contribution in [0.5, 0.6) is 11.5 Å². The van der Waals surface area contributed by atoms with Crippen LogP contribution in [-0.2, 0) is 10.0 Å². The predicted molar refractivity (Wildman–Crippen MR) is 125 cm³/mol. The first kappa shape index (κ1) is 21.9.